The number of pyridine rings is 1. The van der Waals surface area contributed by atoms with Crippen molar-refractivity contribution in [1.29, 1.82) is 0 Å². The zero-order chi connectivity index (χ0) is 23.0. The molecule has 4 heterocycles. The maximum absolute atomic E-state index is 11.9. The van der Waals surface area contributed by atoms with Crippen molar-refractivity contribution in [3.8, 4) is 11.3 Å². The highest BCUT2D eigenvalue weighted by Crippen LogP contribution is 2.34. The van der Waals surface area contributed by atoms with Gasteiger partial charge in [-0.25, -0.2) is 23.4 Å². The van der Waals surface area contributed by atoms with Gasteiger partial charge in [-0.1, -0.05) is 6.07 Å². The first-order valence-electron chi connectivity index (χ1n) is 10.4. The number of rotatable bonds is 5. The largest absolute Gasteiger partial charge is 0.378 e. The topological polar surface area (TPSA) is 117 Å². The molecule has 9 nitrogen and oxygen atoms in total. The lowest BCUT2D eigenvalue weighted by molar-refractivity contribution is -0.109. The molecule has 168 valence electrons. The molecule has 2 aliphatic rings. The fraction of sp³-hybridized carbons (Fsp3) is 0.217. The van der Waals surface area contributed by atoms with E-state index in [9.17, 15) is 13.2 Å². The Labute approximate surface area is 191 Å². The van der Waals surface area contributed by atoms with Crippen LogP contribution in [0.25, 0.3) is 17.3 Å². The Morgan fingerprint density at radius 3 is 2.76 bits per heavy atom. The monoisotopic (exact) mass is 462 g/mol. The van der Waals surface area contributed by atoms with E-state index >= 15 is 0 Å². The first-order chi connectivity index (χ1) is 15.9. The van der Waals surface area contributed by atoms with E-state index in [0.29, 0.717) is 31.0 Å². The smallest absolute Gasteiger partial charge is 0.211 e. The molecule has 0 radical (unpaired) electrons. The summed E-state index contributed by atoms with van der Waals surface area (Å²) in [6.45, 7) is 0.821. The van der Waals surface area contributed by atoms with Crippen molar-refractivity contribution in [3.63, 3.8) is 0 Å². The predicted molar refractivity (Wildman–Crippen MR) is 125 cm³/mol. The zero-order valence-electron chi connectivity index (χ0n) is 17.9. The molecule has 2 aliphatic heterocycles. The molecule has 10 heteroatoms. The minimum absolute atomic E-state index is 0.369. The maximum Gasteiger partial charge on any atom is 0.211 e. The van der Waals surface area contributed by atoms with Crippen LogP contribution in [0.2, 0.25) is 0 Å². The van der Waals surface area contributed by atoms with Crippen LogP contribution in [0.15, 0.2) is 49.2 Å². The number of carbonyl (C=O) groups is 1. The van der Waals surface area contributed by atoms with Crippen LogP contribution in [-0.2, 0) is 27.8 Å². The number of fused-ring (bicyclic) bond motifs is 2. The van der Waals surface area contributed by atoms with Crippen LogP contribution in [0.3, 0.4) is 0 Å². The molecule has 0 fully saturated rings. The van der Waals surface area contributed by atoms with Crippen molar-refractivity contribution >= 4 is 33.9 Å². The average molecular weight is 463 g/mol. The Kier molecular flexibility index (Phi) is 5.39. The highest BCUT2D eigenvalue weighted by Gasteiger charge is 2.25. The summed E-state index contributed by atoms with van der Waals surface area (Å²) in [7, 11) is -3.23. The Balaban J connectivity index is 1.53. The van der Waals surface area contributed by atoms with Gasteiger partial charge in [0.05, 0.1) is 11.9 Å². The Bertz CT molecular complexity index is 1360. The number of carbonyl (C=O) groups excluding carboxylic acids is 1. The molecule has 5 rings (SSSR count). The fourth-order valence-corrected chi connectivity index (χ4v) is 4.97. The third-order valence-electron chi connectivity index (χ3n) is 5.85. The van der Waals surface area contributed by atoms with Gasteiger partial charge >= 0.3 is 0 Å². The van der Waals surface area contributed by atoms with Gasteiger partial charge in [0.1, 0.15) is 24.5 Å². The summed E-state index contributed by atoms with van der Waals surface area (Å²) < 4.78 is 25.3. The van der Waals surface area contributed by atoms with E-state index in [1.807, 2.05) is 30.3 Å². The highest BCUT2D eigenvalue weighted by atomic mass is 32.2. The molecule has 3 aromatic rings. The normalized spacial score (nSPS) is 17.5. The van der Waals surface area contributed by atoms with E-state index in [1.165, 1.54) is 16.9 Å². The van der Waals surface area contributed by atoms with Crippen LogP contribution in [0, 0.1) is 0 Å². The minimum Gasteiger partial charge on any atom is -0.378 e. The molecule has 1 aromatic carbocycles. The van der Waals surface area contributed by atoms with Gasteiger partial charge in [-0.3, -0.25) is 0 Å². The Morgan fingerprint density at radius 1 is 1.18 bits per heavy atom. The summed E-state index contributed by atoms with van der Waals surface area (Å²) in [6.07, 6.45) is 11.2. The van der Waals surface area contributed by atoms with E-state index in [4.69, 9.17) is 4.98 Å². The summed E-state index contributed by atoms with van der Waals surface area (Å²) in [5.41, 5.74) is 5.98. The average Bonchev–Trinajstić information content (AvgIpc) is 2.83. The molecule has 0 amide bonds. The summed E-state index contributed by atoms with van der Waals surface area (Å²) in [4.78, 5) is 24.7. The molecule has 0 aliphatic carbocycles. The highest BCUT2D eigenvalue weighted by molar-refractivity contribution is 7.88. The minimum atomic E-state index is -3.23. The van der Waals surface area contributed by atoms with Gasteiger partial charge in [0.15, 0.2) is 0 Å². The van der Waals surface area contributed by atoms with E-state index < -0.39 is 16.1 Å². The van der Waals surface area contributed by atoms with Crippen LogP contribution >= 0.6 is 0 Å². The third kappa shape index (κ3) is 4.22. The first kappa shape index (κ1) is 21.2. The summed E-state index contributed by atoms with van der Waals surface area (Å²) in [6, 6.07) is 7.25. The SMILES string of the molecule is CS(=O)(=O)N1CCc2cc(Nc3nc(-c4cncnc4)cc4c3C(C=O)NC=C4)ccc2C1. The summed E-state index contributed by atoms with van der Waals surface area (Å²) >= 11 is 0. The van der Waals surface area contributed by atoms with Crippen molar-refractivity contribution in [1.82, 2.24) is 24.6 Å². The summed E-state index contributed by atoms with van der Waals surface area (Å²) in [5.74, 6) is 0.564. The molecule has 1 atom stereocenters. The van der Waals surface area contributed by atoms with Crippen LogP contribution in [0.1, 0.15) is 28.3 Å². The number of aldehydes is 1. The number of hydrogen-bond acceptors (Lipinski definition) is 8. The second-order valence-electron chi connectivity index (χ2n) is 8.05. The number of sulfonamides is 1. The van der Waals surface area contributed by atoms with Gasteiger partial charge in [-0.15, -0.1) is 0 Å². The lowest BCUT2D eigenvalue weighted by atomic mass is 9.97. The van der Waals surface area contributed by atoms with Crippen LogP contribution in [0.5, 0.6) is 0 Å². The quantitative estimate of drug-likeness (QED) is 0.555. The molecule has 0 saturated carbocycles. The van der Waals surface area contributed by atoms with E-state index in [1.54, 1.807) is 18.6 Å². The van der Waals surface area contributed by atoms with Gasteiger partial charge in [-0.2, -0.15) is 4.31 Å². The Morgan fingerprint density at radius 2 is 2.00 bits per heavy atom. The van der Waals surface area contributed by atoms with Crippen LogP contribution in [0.4, 0.5) is 11.5 Å². The molecule has 0 saturated heterocycles. The van der Waals surface area contributed by atoms with E-state index in [2.05, 4.69) is 20.6 Å². The Hall–Kier alpha value is -3.63. The first-order valence-corrected chi connectivity index (χ1v) is 12.3. The molecule has 0 bridgehead atoms. The summed E-state index contributed by atoms with van der Waals surface area (Å²) in [5, 5.41) is 6.45. The second-order valence-corrected chi connectivity index (χ2v) is 10.0. The van der Waals surface area contributed by atoms with E-state index in [0.717, 1.165) is 39.8 Å². The molecule has 2 aromatic heterocycles. The molecular formula is C23H22N6O3S. The van der Waals surface area contributed by atoms with Gasteiger partial charge < -0.3 is 15.4 Å². The number of anilines is 2. The third-order valence-corrected chi connectivity index (χ3v) is 7.10. The van der Waals surface area contributed by atoms with Gasteiger partial charge in [0, 0.05) is 42.3 Å². The number of nitrogens with one attached hydrogen (secondary N) is 2. The molecular weight excluding hydrogens is 440 g/mol. The van der Waals surface area contributed by atoms with Crippen LogP contribution < -0.4 is 10.6 Å². The number of nitrogens with zero attached hydrogens (tertiary/aromatic N) is 4. The van der Waals surface area contributed by atoms with Crippen LogP contribution in [-0.4, -0.2) is 46.8 Å². The number of aromatic nitrogens is 3. The van der Waals surface area contributed by atoms with Gasteiger partial charge in [-0.05, 0) is 53.6 Å². The van der Waals surface area contributed by atoms with Crippen molar-refractivity contribution < 1.29 is 13.2 Å². The molecule has 1 unspecified atom stereocenters. The molecule has 2 N–H and O–H groups in total. The van der Waals surface area contributed by atoms with Crippen molar-refractivity contribution in [2.75, 3.05) is 18.1 Å². The lowest BCUT2D eigenvalue weighted by Crippen LogP contribution is -2.35. The maximum atomic E-state index is 11.9. The van der Waals surface area contributed by atoms with Gasteiger partial charge in [0.25, 0.3) is 0 Å². The van der Waals surface area contributed by atoms with Crippen molar-refractivity contribution in [2.24, 2.45) is 0 Å². The predicted octanol–water partition coefficient (Wildman–Crippen LogP) is 2.41. The van der Waals surface area contributed by atoms with Gasteiger partial charge in [0.2, 0.25) is 10.0 Å². The van der Waals surface area contributed by atoms with E-state index in [-0.39, 0.29) is 0 Å². The van der Waals surface area contributed by atoms with Crippen molar-refractivity contribution in [3.05, 3.63) is 71.4 Å². The molecule has 0 spiro atoms. The fourth-order valence-electron chi connectivity index (χ4n) is 4.17. The number of benzene rings is 1. The zero-order valence-corrected chi connectivity index (χ0v) is 18.7. The lowest BCUT2D eigenvalue weighted by Gasteiger charge is -2.27. The second kappa shape index (κ2) is 8.38. The number of hydrogen-bond donors (Lipinski definition) is 2. The standard InChI is InChI=1S/C23H22N6O3S/c1-33(31,32)29-7-5-15-8-19(3-2-17(15)12-29)27-23-22-16(4-6-26-21(22)13-30)9-20(28-23)18-10-24-14-25-11-18/h2-4,6,8-11,13-14,21,26H,5,7,12H2,1H3,(H,27,28). The molecule has 33 heavy (non-hydrogen) atoms. The van der Waals surface area contributed by atoms with Crippen molar-refractivity contribution in [2.45, 2.75) is 19.0 Å².